The van der Waals surface area contributed by atoms with Gasteiger partial charge in [0.2, 0.25) is 11.8 Å². The number of benzene rings is 3. The molecule has 0 aliphatic carbocycles. The molecule has 2 amide bonds. The zero-order valence-corrected chi connectivity index (χ0v) is 23.9. The van der Waals surface area contributed by atoms with Crippen LogP contribution in [-0.4, -0.2) is 67.1 Å². The largest absolute Gasteiger partial charge is 0.497 e. The summed E-state index contributed by atoms with van der Waals surface area (Å²) in [5, 5.41) is 2.92. The Morgan fingerprint density at radius 1 is 0.905 bits per heavy atom. The zero-order valence-electron chi connectivity index (χ0n) is 23.9. The summed E-state index contributed by atoms with van der Waals surface area (Å²) in [5.74, 6) is -0.527. The van der Waals surface area contributed by atoms with E-state index in [0.717, 1.165) is 48.2 Å². The number of rotatable bonds is 7. The molecule has 1 N–H and O–H groups in total. The van der Waals surface area contributed by atoms with Gasteiger partial charge in [0.15, 0.2) is 0 Å². The van der Waals surface area contributed by atoms with E-state index in [-0.39, 0.29) is 11.8 Å². The first-order valence-electron chi connectivity index (χ1n) is 14.3. The fourth-order valence-corrected chi connectivity index (χ4v) is 6.01. The molecule has 1 atom stereocenters. The van der Waals surface area contributed by atoms with E-state index in [1.807, 2.05) is 47.4 Å². The molecule has 3 aromatic carbocycles. The molecule has 9 nitrogen and oxygen atoms in total. The van der Waals surface area contributed by atoms with E-state index in [2.05, 4.69) is 10.2 Å². The number of nitrogens with zero attached hydrogens (tertiary/aromatic N) is 3. The van der Waals surface area contributed by atoms with Gasteiger partial charge < -0.3 is 19.7 Å². The number of nitrogens with one attached hydrogen (secondary N) is 1. The Bertz CT molecular complexity index is 1560. The van der Waals surface area contributed by atoms with Gasteiger partial charge in [0, 0.05) is 18.8 Å². The Hall–Kier alpha value is -4.50. The Labute approximate surface area is 245 Å². The van der Waals surface area contributed by atoms with Gasteiger partial charge in [0.1, 0.15) is 11.7 Å². The molecular weight excluding hydrogens is 532 g/mol. The van der Waals surface area contributed by atoms with Crippen LogP contribution in [0.1, 0.15) is 57.8 Å². The number of esters is 1. The van der Waals surface area contributed by atoms with E-state index in [4.69, 9.17) is 14.5 Å². The standard InChI is InChI=1S/C33H34N4O5/c1-41-26-11-7-21(8-12-26)31(30-27-13-9-22(33(40)42-2)17-28(27)35-32(30)39)34-25-10-6-23-18-37(19-24(23)16-25)29(38)20-36-14-4-3-5-15-36/h6-13,16-17,30H,3-5,14-15,18-20H2,1-2H3,(H,35,39). The van der Waals surface area contributed by atoms with Crippen molar-refractivity contribution in [2.24, 2.45) is 4.99 Å². The van der Waals surface area contributed by atoms with E-state index < -0.39 is 11.9 Å². The Morgan fingerprint density at radius 3 is 2.38 bits per heavy atom. The van der Waals surface area contributed by atoms with E-state index in [1.165, 1.54) is 13.5 Å². The molecule has 3 aliphatic heterocycles. The maximum Gasteiger partial charge on any atom is 0.337 e. The Kier molecular flexibility index (Phi) is 7.75. The van der Waals surface area contributed by atoms with E-state index in [9.17, 15) is 14.4 Å². The Balaban J connectivity index is 1.31. The zero-order chi connectivity index (χ0) is 29.2. The lowest BCUT2D eigenvalue weighted by molar-refractivity contribution is -0.133. The first-order valence-corrected chi connectivity index (χ1v) is 14.3. The molecule has 3 aliphatic rings. The summed E-state index contributed by atoms with van der Waals surface area (Å²) in [5.41, 5.74) is 5.90. The first-order chi connectivity index (χ1) is 20.4. The van der Waals surface area contributed by atoms with E-state index in [0.29, 0.717) is 48.0 Å². The van der Waals surface area contributed by atoms with Crippen LogP contribution in [0, 0.1) is 0 Å². The average Bonchev–Trinajstić information content (AvgIpc) is 3.59. The van der Waals surface area contributed by atoms with Gasteiger partial charge in [0.05, 0.1) is 37.7 Å². The van der Waals surface area contributed by atoms with Crippen molar-refractivity contribution >= 4 is 34.9 Å². The van der Waals surface area contributed by atoms with E-state index >= 15 is 0 Å². The van der Waals surface area contributed by atoms with E-state index in [1.54, 1.807) is 25.3 Å². The number of piperidine rings is 1. The second kappa shape index (κ2) is 11.8. The lowest BCUT2D eigenvalue weighted by atomic mass is 9.90. The van der Waals surface area contributed by atoms with Crippen molar-refractivity contribution in [2.75, 3.05) is 39.2 Å². The molecule has 1 unspecified atom stereocenters. The van der Waals surface area contributed by atoms with Crippen LogP contribution in [0.5, 0.6) is 5.75 Å². The Morgan fingerprint density at radius 2 is 1.64 bits per heavy atom. The molecule has 1 saturated heterocycles. The van der Waals surface area contributed by atoms with Crippen molar-refractivity contribution < 1.29 is 23.9 Å². The molecule has 9 heteroatoms. The molecule has 1 fully saturated rings. The number of anilines is 1. The normalized spacial score (nSPS) is 18.3. The van der Waals surface area contributed by atoms with Crippen molar-refractivity contribution in [1.29, 1.82) is 0 Å². The second-order valence-corrected chi connectivity index (χ2v) is 11.0. The topological polar surface area (TPSA) is 101 Å². The smallest absolute Gasteiger partial charge is 0.337 e. The molecule has 3 aromatic rings. The maximum atomic E-state index is 13.4. The molecule has 0 bridgehead atoms. The van der Waals surface area contributed by atoms with Crippen LogP contribution in [-0.2, 0) is 27.4 Å². The summed E-state index contributed by atoms with van der Waals surface area (Å²) in [4.78, 5) is 47.8. The van der Waals surface area contributed by atoms with Crippen molar-refractivity contribution in [3.8, 4) is 5.75 Å². The van der Waals surface area contributed by atoms with Crippen LogP contribution in [0.3, 0.4) is 0 Å². The monoisotopic (exact) mass is 566 g/mol. The minimum Gasteiger partial charge on any atom is -0.497 e. The van der Waals surface area contributed by atoms with Gasteiger partial charge in [-0.2, -0.15) is 0 Å². The predicted molar refractivity (Wildman–Crippen MR) is 159 cm³/mol. The predicted octanol–water partition coefficient (Wildman–Crippen LogP) is 4.67. The van der Waals surface area contributed by atoms with Gasteiger partial charge in [-0.1, -0.05) is 18.6 Å². The van der Waals surface area contributed by atoms with Gasteiger partial charge in [-0.25, -0.2) is 4.79 Å². The number of carbonyl (C=O) groups is 3. The molecule has 0 radical (unpaired) electrons. The van der Waals surface area contributed by atoms with Gasteiger partial charge in [-0.05, 0) is 96.7 Å². The number of likely N-dealkylation sites (tertiary alicyclic amines) is 1. The lowest BCUT2D eigenvalue weighted by Gasteiger charge is -2.27. The molecule has 0 spiro atoms. The van der Waals surface area contributed by atoms with Crippen LogP contribution in [0.15, 0.2) is 65.7 Å². The highest BCUT2D eigenvalue weighted by atomic mass is 16.5. The molecule has 0 aromatic heterocycles. The number of hydrogen-bond donors (Lipinski definition) is 1. The maximum absolute atomic E-state index is 13.4. The van der Waals surface area contributed by atoms with Crippen molar-refractivity contribution in [3.63, 3.8) is 0 Å². The van der Waals surface area contributed by atoms with Gasteiger partial charge >= 0.3 is 5.97 Å². The second-order valence-electron chi connectivity index (χ2n) is 11.0. The molecule has 3 heterocycles. The summed E-state index contributed by atoms with van der Waals surface area (Å²) in [6.07, 6.45) is 3.55. The number of amides is 2. The highest BCUT2D eigenvalue weighted by Gasteiger charge is 2.36. The third-order valence-electron chi connectivity index (χ3n) is 8.29. The third kappa shape index (κ3) is 5.52. The molecule has 216 valence electrons. The fourth-order valence-electron chi connectivity index (χ4n) is 6.01. The number of carbonyl (C=O) groups excluding carboxylic acids is 3. The number of hydrogen-bond acceptors (Lipinski definition) is 7. The van der Waals surface area contributed by atoms with Crippen LogP contribution in [0.25, 0.3) is 0 Å². The highest BCUT2D eigenvalue weighted by Crippen LogP contribution is 2.38. The number of ether oxygens (including phenoxy) is 2. The van der Waals surface area contributed by atoms with Crippen LogP contribution in [0.2, 0.25) is 0 Å². The lowest BCUT2D eigenvalue weighted by Crippen LogP contribution is -2.40. The number of aliphatic imine (C=N–C) groups is 1. The number of fused-ring (bicyclic) bond motifs is 2. The number of methoxy groups -OCH3 is 2. The van der Waals surface area contributed by atoms with Crippen molar-refractivity contribution in [1.82, 2.24) is 9.80 Å². The summed E-state index contributed by atoms with van der Waals surface area (Å²) < 4.78 is 10.2. The van der Waals surface area contributed by atoms with Crippen LogP contribution in [0.4, 0.5) is 11.4 Å². The highest BCUT2D eigenvalue weighted by molar-refractivity contribution is 6.24. The van der Waals surface area contributed by atoms with Gasteiger partial charge in [0.25, 0.3) is 0 Å². The van der Waals surface area contributed by atoms with Crippen molar-refractivity contribution in [3.05, 3.63) is 88.5 Å². The fraction of sp³-hybridized carbons (Fsp3) is 0.333. The third-order valence-corrected chi connectivity index (χ3v) is 8.29. The van der Waals surface area contributed by atoms with Crippen molar-refractivity contribution in [2.45, 2.75) is 38.3 Å². The average molecular weight is 567 g/mol. The summed E-state index contributed by atoms with van der Waals surface area (Å²) in [6, 6.07) is 18.5. The quantitative estimate of drug-likeness (QED) is 0.330. The molecule has 6 rings (SSSR count). The molecular formula is C33H34N4O5. The van der Waals surface area contributed by atoms with Gasteiger partial charge in [-0.3, -0.25) is 19.5 Å². The summed E-state index contributed by atoms with van der Waals surface area (Å²) in [7, 11) is 2.93. The first kappa shape index (κ1) is 27.7. The molecule has 0 saturated carbocycles. The SMILES string of the molecule is COC(=O)c1ccc2c(c1)NC(=O)C2C(=Nc1ccc2c(c1)CN(C(=O)CN1CCCCC1)C2)c1ccc(OC)cc1. The summed E-state index contributed by atoms with van der Waals surface area (Å²) >= 11 is 0. The van der Waals surface area contributed by atoms with Crippen LogP contribution < -0.4 is 10.1 Å². The minimum atomic E-state index is -0.684. The minimum absolute atomic E-state index is 0.155. The molecule has 42 heavy (non-hydrogen) atoms. The summed E-state index contributed by atoms with van der Waals surface area (Å²) in [6.45, 7) is 3.59. The van der Waals surface area contributed by atoms with Gasteiger partial charge in [-0.15, -0.1) is 0 Å². The van der Waals surface area contributed by atoms with Crippen LogP contribution >= 0.6 is 0 Å².